The molecule has 0 spiro atoms. The molecule has 2 saturated carbocycles. The Morgan fingerprint density at radius 1 is 1.00 bits per heavy atom. The van der Waals surface area contributed by atoms with Crippen molar-refractivity contribution in [1.29, 1.82) is 0 Å². The Labute approximate surface area is 118 Å². The molecule has 0 radical (unpaired) electrons. The Bertz CT molecular complexity index is 393. The molecule has 112 valence electrons. The Balaban J connectivity index is 1.72. The molecule has 2 unspecified atom stereocenters. The van der Waals surface area contributed by atoms with Gasteiger partial charge in [-0.2, -0.15) is 0 Å². The molecular formula is C14H22N2O4. The van der Waals surface area contributed by atoms with Crippen LogP contribution in [0.3, 0.4) is 0 Å². The molecule has 0 heterocycles. The Morgan fingerprint density at radius 2 is 1.65 bits per heavy atom. The van der Waals surface area contributed by atoms with Crippen LogP contribution in [0.1, 0.15) is 44.9 Å². The van der Waals surface area contributed by atoms with Gasteiger partial charge in [0.05, 0.1) is 11.8 Å². The van der Waals surface area contributed by atoms with Crippen LogP contribution in [0.2, 0.25) is 0 Å². The predicted octanol–water partition coefficient (Wildman–Crippen LogP) is 0.662. The van der Waals surface area contributed by atoms with Crippen LogP contribution in [0.15, 0.2) is 0 Å². The summed E-state index contributed by atoms with van der Waals surface area (Å²) in [6.45, 7) is 0.278. The average Bonchev–Trinajstić information content (AvgIpc) is 3.22. The van der Waals surface area contributed by atoms with Crippen LogP contribution >= 0.6 is 0 Å². The van der Waals surface area contributed by atoms with Crippen LogP contribution < -0.4 is 10.6 Å². The molecule has 0 saturated heterocycles. The van der Waals surface area contributed by atoms with Gasteiger partial charge in [-0.15, -0.1) is 0 Å². The van der Waals surface area contributed by atoms with E-state index < -0.39 is 17.8 Å². The second kappa shape index (κ2) is 6.72. The van der Waals surface area contributed by atoms with E-state index in [0.29, 0.717) is 18.9 Å². The molecule has 0 bridgehead atoms. The first-order valence-corrected chi connectivity index (χ1v) is 7.38. The molecule has 3 N–H and O–H groups in total. The van der Waals surface area contributed by atoms with Gasteiger partial charge in [0.2, 0.25) is 11.8 Å². The quantitative estimate of drug-likeness (QED) is 0.667. The number of hydrogen-bond acceptors (Lipinski definition) is 3. The van der Waals surface area contributed by atoms with Crippen molar-refractivity contribution in [3.05, 3.63) is 0 Å². The maximum atomic E-state index is 12.0. The van der Waals surface area contributed by atoms with Gasteiger partial charge in [-0.05, 0) is 25.7 Å². The zero-order valence-electron chi connectivity index (χ0n) is 11.6. The van der Waals surface area contributed by atoms with Gasteiger partial charge in [0.25, 0.3) is 0 Å². The van der Waals surface area contributed by atoms with Gasteiger partial charge in [-0.25, -0.2) is 0 Å². The van der Waals surface area contributed by atoms with Crippen molar-refractivity contribution in [1.82, 2.24) is 10.6 Å². The second-order valence-electron chi connectivity index (χ2n) is 5.72. The van der Waals surface area contributed by atoms with E-state index >= 15 is 0 Å². The van der Waals surface area contributed by atoms with E-state index in [-0.39, 0.29) is 24.8 Å². The van der Waals surface area contributed by atoms with Crippen LogP contribution in [0.25, 0.3) is 0 Å². The second-order valence-corrected chi connectivity index (χ2v) is 5.72. The van der Waals surface area contributed by atoms with Crippen LogP contribution in [-0.2, 0) is 14.4 Å². The van der Waals surface area contributed by atoms with Gasteiger partial charge in [0.15, 0.2) is 0 Å². The summed E-state index contributed by atoms with van der Waals surface area (Å²) in [6, 6.07) is 0.327. The first kappa shape index (κ1) is 14.8. The lowest BCUT2D eigenvalue weighted by molar-refractivity contribution is -0.149. The summed E-state index contributed by atoms with van der Waals surface area (Å²) in [5.74, 6) is -2.20. The first-order valence-electron chi connectivity index (χ1n) is 7.38. The number of rotatable bonds is 6. The first-order chi connectivity index (χ1) is 9.58. The summed E-state index contributed by atoms with van der Waals surface area (Å²) in [6.07, 6.45) is 5.29. The lowest BCUT2D eigenvalue weighted by Crippen LogP contribution is -2.41. The Kier molecular flexibility index (Phi) is 4.98. The van der Waals surface area contributed by atoms with Crippen molar-refractivity contribution >= 4 is 17.8 Å². The number of carboxylic acid groups (broad SMARTS) is 1. The minimum absolute atomic E-state index is 0.0498. The molecule has 20 heavy (non-hydrogen) atoms. The van der Waals surface area contributed by atoms with Gasteiger partial charge >= 0.3 is 5.97 Å². The number of carbonyl (C=O) groups excluding carboxylic acids is 2. The number of carboxylic acids is 1. The van der Waals surface area contributed by atoms with Crippen molar-refractivity contribution in [3.8, 4) is 0 Å². The zero-order valence-corrected chi connectivity index (χ0v) is 11.6. The zero-order chi connectivity index (χ0) is 14.5. The van der Waals surface area contributed by atoms with Crippen LogP contribution in [-0.4, -0.2) is 35.5 Å². The van der Waals surface area contributed by atoms with Gasteiger partial charge in [-0.3, -0.25) is 14.4 Å². The average molecular weight is 282 g/mol. The van der Waals surface area contributed by atoms with Crippen molar-refractivity contribution in [3.63, 3.8) is 0 Å². The summed E-state index contributed by atoms with van der Waals surface area (Å²) in [7, 11) is 0. The lowest BCUT2D eigenvalue weighted by atomic mass is 9.78. The fourth-order valence-corrected chi connectivity index (χ4v) is 2.70. The smallest absolute Gasteiger partial charge is 0.307 e. The summed E-state index contributed by atoms with van der Waals surface area (Å²) in [5.41, 5.74) is 0. The molecule has 0 aromatic carbocycles. The number of hydrogen-bond donors (Lipinski definition) is 3. The van der Waals surface area contributed by atoms with E-state index in [1.165, 1.54) is 0 Å². The SMILES string of the molecule is O=C(CCNC(=O)C1CCCCC1C(=O)O)NC1CC1. The highest BCUT2D eigenvalue weighted by Gasteiger charge is 2.35. The third-order valence-corrected chi connectivity index (χ3v) is 4.01. The number of aliphatic carboxylic acids is 1. The van der Waals surface area contributed by atoms with Crippen molar-refractivity contribution < 1.29 is 19.5 Å². The molecule has 2 amide bonds. The molecular weight excluding hydrogens is 260 g/mol. The number of nitrogens with one attached hydrogen (secondary N) is 2. The summed E-state index contributed by atoms with van der Waals surface area (Å²) in [4.78, 5) is 34.6. The topological polar surface area (TPSA) is 95.5 Å². The van der Waals surface area contributed by atoms with E-state index in [9.17, 15) is 14.4 Å². The van der Waals surface area contributed by atoms with Gasteiger partial charge in [0.1, 0.15) is 0 Å². The van der Waals surface area contributed by atoms with E-state index in [0.717, 1.165) is 25.7 Å². The summed E-state index contributed by atoms with van der Waals surface area (Å²) < 4.78 is 0. The fraction of sp³-hybridized carbons (Fsp3) is 0.786. The van der Waals surface area contributed by atoms with Gasteiger partial charge < -0.3 is 15.7 Å². The molecule has 0 aromatic rings. The largest absolute Gasteiger partial charge is 0.481 e. The molecule has 2 aliphatic rings. The molecule has 2 rings (SSSR count). The fourth-order valence-electron chi connectivity index (χ4n) is 2.70. The van der Waals surface area contributed by atoms with E-state index in [4.69, 9.17) is 5.11 Å². The van der Waals surface area contributed by atoms with Crippen molar-refractivity contribution in [2.24, 2.45) is 11.8 Å². The Hall–Kier alpha value is -1.59. The maximum Gasteiger partial charge on any atom is 0.307 e. The highest BCUT2D eigenvalue weighted by Crippen LogP contribution is 2.30. The lowest BCUT2D eigenvalue weighted by Gasteiger charge is -2.27. The van der Waals surface area contributed by atoms with E-state index in [1.807, 2.05) is 0 Å². The Morgan fingerprint density at radius 3 is 2.25 bits per heavy atom. The molecule has 2 fully saturated rings. The van der Waals surface area contributed by atoms with Crippen molar-refractivity contribution in [2.45, 2.75) is 51.0 Å². The maximum absolute atomic E-state index is 12.0. The summed E-state index contributed by atoms with van der Waals surface area (Å²) >= 11 is 0. The minimum atomic E-state index is -0.892. The highest BCUT2D eigenvalue weighted by molar-refractivity contribution is 5.85. The third kappa shape index (κ3) is 4.21. The molecule has 0 aliphatic heterocycles. The number of amides is 2. The molecule has 2 aliphatic carbocycles. The van der Waals surface area contributed by atoms with Crippen LogP contribution in [0, 0.1) is 11.8 Å². The third-order valence-electron chi connectivity index (χ3n) is 4.01. The summed E-state index contributed by atoms with van der Waals surface area (Å²) in [5, 5.41) is 14.7. The predicted molar refractivity (Wildman–Crippen MR) is 71.9 cm³/mol. The van der Waals surface area contributed by atoms with Gasteiger partial charge in [-0.1, -0.05) is 12.8 Å². The minimum Gasteiger partial charge on any atom is -0.481 e. The monoisotopic (exact) mass is 282 g/mol. The van der Waals surface area contributed by atoms with E-state index in [1.54, 1.807) is 0 Å². The highest BCUT2D eigenvalue weighted by atomic mass is 16.4. The molecule has 6 nitrogen and oxygen atoms in total. The van der Waals surface area contributed by atoms with Crippen molar-refractivity contribution in [2.75, 3.05) is 6.54 Å². The van der Waals surface area contributed by atoms with E-state index in [2.05, 4.69) is 10.6 Å². The molecule has 0 aromatic heterocycles. The molecule has 6 heteroatoms. The van der Waals surface area contributed by atoms with Crippen LogP contribution in [0.5, 0.6) is 0 Å². The molecule has 2 atom stereocenters. The normalized spacial score (nSPS) is 25.8. The van der Waals surface area contributed by atoms with Gasteiger partial charge in [0, 0.05) is 19.0 Å². The number of carbonyl (C=O) groups is 3. The standard InChI is InChI=1S/C14H22N2O4/c17-12(16-9-5-6-9)7-8-15-13(18)10-3-1-2-4-11(10)14(19)20/h9-11H,1-8H2,(H,15,18)(H,16,17)(H,19,20). The van der Waals surface area contributed by atoms with Crippen LogP contribution in [0.4, 0.5) is 0 Å².